The molecule has 4 nitrogen and oxygen atoms in total. The molecule has 2 rings (SSSR count). The summed E-state index contributed by atoms with van der Waals surface area (Å²) in [6, 6.07) is 7.82. The molecule has 0 aliphatic heterocycles. The monoisotopic (exact) mass is 281 g/mol. The number of halogens is 1. The molecule has 16 heavy (non-hydrogen) atoms. The standard InChI is InChI=1S/C11H12BrN3O/c1-13-7-6-10-14-11(15-16-10)8-2-4-9(12)5-3-8/h2-5,13H,6-7H2,1H3. The summed E-state index contributed by atoms with van der Waals surface area (Å²) >= 11 is 3.38. The van der Waals surface area contributed by atoms with Crippen molar-refractivity contribution in [2.75, 3.05) is 13.6 Å². The minimum Gasteiger partial charge on any atom is -0.339 e. The Kier molecular flexibility index (Phi) is 3.69. The molecular formula is C11H12BrN3O. The van der Waals surface area contributed by atoms with Gasteiger partial charge in [-0.3, -0.25) is 0 Å². The number of nitrogens with one attached hydrogen (secondary N) is 1. The van der Waals surface area contributed by atoms with E-state index in [9.17, 15) is 0 Å². The van der Waals surface area contributed by atoms with Crippen LogP contribution in [0.25, 0.3) is 11.4 Å². The number of nitrogens with zero attached hydrogens (tertiary/aromatic N) is 2. The van der Waals surface area contributed by atoms with Crippen molar-refractivity contribution in [3.63, 3.8) is 0 Å². The van der Waals surface area contributed by atoms with Gasteiger partial charge in [-0.15, -0.1) is 0 Å². The van der Waals surface area contributed by atoms with Crippen LogP contribution in [0.15, 0.2) is 33.3 Å². The van der Waals surface area contributed by atoms with Crippen molar-refractivity contribution in [2.45, 2.75) is 6.42 Å². The van der Waals surface area contributed by atoms with Crippen molar-refractivity contribution in [1.29, 1.82) is 0 Å². The Labute approximate surface area is 102 Å². The van der Waals surface area contributed by atoms with E-state index in [1.165, 1.54) is 0 Å². The van der Waals surface area contributed by atoms with Gasteiger partial charge in [0.25, 0.3) is 0 Å². The molecule has 1 aromatic carbocycles. The number of likely N-dealkylation sites (N-methyl/N-ethyl adjacent to an activating group) is 1. The van der Waals surface area contributed by atoms with Gasteiger partial charge in [-0.2, -0.15) is 4.98 Å². The minimum atomic E-state index is 0.638. The van der Waals surface area contributed by atoms with Gasteiger partial charge in [-0.05, 0) is 31.3 Å². The molecule has 0 aliphatic rings. The summed E-state index contributed by atoms with van der Waals surface area (Å²) in [6.45, 7) is 0.835. The second-order valence-electron chi connectivity index (χ2n) is 3.37. The highest BCUT2D eigenvalue weighted by molar-refractivity contribution is 9.10. The first-order chi connectivity index (χ1) is 7.79. The molecule has 0 radical (unpaired) electrons. The number of benzene rings is 1. The molecule has 84 valence electrons. The molecular weight excluding hydrogens is 270 g/mol. The van der Waals surface area contributed by atoms with Gasteiger partial charge in [-0.25, -0.2) is 0 Å². The van der Waals surface area contributed by atoms with Crippen LogP contribution in [0.2, 0.25) is 0 Å². The van der Waals surface area contributed by atoms with Crippen molar-refractivity contribution in [1.82, 2.24) is 15.5 Å². The topological polar surface area (TPSA) is 51.0 Å². The van der Waals surface area contributed by atoms with Crippen LogP contribution in [0.3, 0.4) is 0 Å². The third-order valence-electron chi connectivity index (χ3n) is 2.16. The highest BCUT2D eigenvalue weighted by atomic mass is 79.9. The fraction of sp³-hybridized carbons (Fsp3) is 0.273. The van der Waals surface area contributed by atoms with E-state index in [2.05, 4.69) is 31.4 Å². The van der Waals surface area contributed by atoms with Crippen molar-refractivity contribution in [3.05, 3.63) is 34.6 Å². The van der Waals surface area contributed by atoms with Crippen LogP contribution >= 0.6 is 15.9 Å². The fourth-order valence-electron chi connectivity index (χ4n) is 1.30. The summed E-state index contributed by atoms with van der Waals surface area (Å²) < 4.78 is 6.18. The second kappa shape index (κ2) is 5.23. The van der Waals surface area contributed by atoms with Crippen LogP contribution < -0.4 is 5.32 Å². The molecule has 0 saturated heterocycles. The van der Waals surface area contributed by atoms with Gasteiger partial charge >= 0.3 is 0 Å². The largest absolute Gasteiger partial charge is 0.339 e. The Bertz CT molecular complexity index is 453. The first-order valence-corrected chi connectivity index (χ1v) is 5.82. The molecule has 0 bridgehead atoms. The summed E-state index contributed by atoms with van der Waals surface area (Å²) in [7, 11) is 1.89. The van der Waals surface area contributed by atoms with E-state index < -0.39 is 0 Å². The predicted molar refractivity (Wildman–Crippen MR) is 65.1 cm³/mol. The molecule has 1 aromatic heterocycles. The zero-order chi connectivity index (χ0) is 11.4. The molecule has 0 amide bonds. The minimum absolute atomic E-state index is 0.638. The molecule has 0 fully saturated rings. The Morgan fingerprint density at radius 3 is 2.75 bits per heavy atom. The number of hydrogen-bond acceptors (Lipinski definition) is 4. The average molecular weight is 282 g/mol. The van der Waals surface area contributed by atoms with E-state index >= 15 is 0 Å². The average Bonchev–Trinajstić information content (AvgIpc) is 2.76. The van der Waals surface area contributed by atoms with Crippen molar-refractivity contribution in [2.24, 2.45) is 0 Å². The predicted octanol–water partition coefficient (Wildman–Crippen LogP) is 2.26. The third kappa shape index (κ3) is 2.68. The Morgan fingerprint density at radius 2 is 2.06 bits per heavy atom. The van der Waals surface area contributed by atoms with Crippen LogP contribution in [-0.2, 0) is 6.42 Å². The molecule has 0 saturated carbocycles. The fourth-order valence-corrected chi connectivity index (χ4v) is 1.57. The maximum absolute atomic E-state index is 5.14. The van der Waals surface area contributed by atoms with Crippen LogP contribution in [0.4, 0.5) is 0 Å². The van der Waals surface area contributed by atoms with E-state index in [-0.39, 0.29) is 0 Å². The molecule has 5 heteroatoms. The van der Waals surface area contributed by atoms with Gasteiger partial charge < -0.3 is 9.84 Å². The van der Waals surface area contributed by atoms with Gasteiger partial charge in [0.2, 0.25) is 11.7 Å². The van der Waals surface area contributed by atoms with Gasteiger partial charge in [0.05, 0.1) is 0 Å². The zero-order valence-corrected chi connectivity index (χ0v) is 10.5. The quantitative estimate of drug-likeness (QED) is 0.934. The summed E-state index contributed by atoms with van der Waals surface area (Å²) in [5, 5.41) is 6.98. The van der Waals surface area contributed by atoms with Crippen LogP contribution in [-0.4, -0.2) is 23.7 Å². The summed E-state index contributed by atoms with van der Waals surface area (Å²) in [6.07, 6.45) is 0.750. The first kappa shape index (κ1) is 11.3. The summed E-state index contributed by atoms with van der Waals surface area (Å²) in [4.78, 5) is 4.31. The number of aromatic nitrogens is 2. The van der Waals surface area contributed by atoms with E-state index in [1.54, 1.807) is 0 Å². The lowest BCUT2D eigenvalue weighted by molar-refractivity contribution is 0.377. The maximum atomic E-state index is 5.14. The molecule has 1 heterocycles. The van der Waals surface area contributed by atoms with Gasteiger partial charge in [-0.1, -0.05) is 21.1 Å². The summed E-state index contributed by atoms with van der Waals surface area (Å²) in [5.41, 5.74) is 0.961. The highest BCUT2D eigenvalue weighted by Gasteiger charge is 2.07. The molecule has 0 aliphatic carbocycles. The Hall–Kier alpha value is -1.20. The van der Waals surface area contributed by atoms with Crippen molar-refractivity contribution < 1.29 is 4.52 Å². The van der Waals surface area contributed by atoms with Gasteiger partial charge in [0.1, 0.15) is 0 Å². The molecule has 1 N–H and O–H groups in total. The zero-order valence-electron chi connectivity index (χ0n) is 8.90. The van der Waals surface area contributed by atoms with Crippen LogP contribution in [0.5, 0.6) is 0 Å². The number of hydrogen-bond donors (Lipinski definition) is 1. The molecule has 0 spiro atoms. The van der Waals surface area contributed by atoms with Crippen molar-refractivity contribution >= 4 is 15.9 Å². The van der Waals surface area contributed by atoms with E-state index in [0.717, 1.165) is 23.0 Å². The molecule has 2 aromatic rings. The van der Waals surface area contributed by atoms with Gasteiger partial charge in [0.15, 0.2) is 0 Å². The third-order valence-corrected chi connectivity index (χ3v) is 2.69. The lowest BCUT2D eigenvalue weighted by atomic mass is 10.2. The SMILES string of the molecule is CNCCc1nc(-c2ccc(Br)cc2)no1. The number of rotatable bonds is 4. The molecule has 0 unspecified atom stereocenters. The van der Waals surface area contributed by atoms with E-state index in [1.807, 2.05) is 31.3 Å². The van der Waals surface area contributed by atoms with Crippen LogP contribution in [0.1, 0.15) is 5.89 Å². The summed E-state index contributed by atoms with van der Waals surface area (Å²) in [5.74, 6) is 1.30. The van der Waals surface area contributed by atoms with E-state index in [4.69, 9.17) is 4.52 Å². The maximum Gasteiger partial charge on any atom is 0.228 e. The molecule has 0 atom stereocenters. The van der Waals surface area contributed by atoms with E-state index in [0.29, 0.717) is 11.7 Å². The highest BCUT2D eigenvalue weighted by Crippen LogP contribution is 2.18. The Morgan fingerprint density at radius 1 is 1.31 bits per heavy atom. The lowest BCUT2D eigenvalue weighted by Gasteiger charge is -1.93. The Balaban J connectivity index is 2.15. The smallest absolute Gasteiger partial charge is 0.228 e. The lowest BCUT2D eigenvalue weighted by Crippen LogP contribution is -2.10. The van der Waals surface area contributed by atoms with Gasteiger partial charge in [0, 0.05) is 23.0 Å². The van der Waals surface area contributed by atoms with Crippen molar-refractivity contribution in [3.8, 4) is 11.4 Å². The first-order valence-electron chi connectivity index (χ1n) is 5.02. The normalized spacial score (nSPS) is 10.6. The second-order valence-corrected chi connectivity index (χ2v) is 4.29. The van der Waals surface area contributed by atoms with Crippen LogP contribution in [0, 0.1) is 0 Å².